The van der Waals surface area contributed by atoms with Crippen LogP contribution in [-0.4, -0.2) is 11.1 Å². The summed E-state index contributed by atoms with van der Waals surface area (Å²) in [6, 6.07) is 0. The second-order valence-corrected chi connectivity index (χ2v) is 6.45. The highest BCUT2D eigenvalue weighted by atomic mass is 16.5. The number of rotatable bonds is 3. The summed E-state index contributed by atoms with van der Waals surface area (Å²) in [6.45, 7) is 0. The largest absolute Gasteiger partial charge is 0.289 e. The first kappa shape index (κ1) is 10.6. The SMILES string of the molecule is O=C(CCC12CC3CC(CC(C3)C1)C2)NO. The summed E-state index contributed by atoms with van der Waals surface area (Å²) >= 11 is 0. The van der Waals surface area contributed by atoms with Gasteiger partial charge in [-0.2, -0.15) is 0 Å². The summed E-state index contributed by atoms with van der Waals surface area (Å²) in [5.41, 5.74) is 2.22. The lowest BCUT2D eigenvalue weighted by atomic mass is 9.48. The first-order valence-electron chi connectivity index (χ1n) is 6.62. The van der Waals surface area contributed by atoms with Crippen LogP contribution in [-0.2, 0) is 4.79 Å². The Balaban J connectivity index is 1.67. The van der Waals surface area contributed by atoms with E-state index in [1.165, 1.54) is 38.5 Å². The average Bonchev–Trinajstić information content (AvgIpc) is 2.24. The molecule has 0 saturated heterocycles. The molecule has 0 aromatic rings. The number of nitrogens with one attached hydrogen (secondary N) is 1. The van der Waals surface area contributed by atoms with Crippen molar-refractivity contribution in [3.63, 3.8) is 0 Å². The number of hydrogen-bond acceptors (Lipinski definition) is 2. The molecule has 3 nitrogen and oxygen atoms in total. The van der Waals surface area contributed by atoms with Gasteiger partial charge in [0.25, 0.3) is 0 Å². The van der Waals surface area contributed by atoms with Crippen LogP contribution in [0.5, 0.6) is 0 Å². The summed E-state index contributed by atoms with van der Waals surface area (Å²) < 4.78 is 0. The topological polar surface area (TPSA) is 49.3 Å². The number of carbonyl (C=O) groups is 1. The third-order valence-electron chi connectivity index (χ3n) is 5.17. The fourth-order valence-electron chi connectivity index (χ4n) is 5.03. The van der Waals surface area contributed by atoms with Crippen molar-refractivity contribution in [3.05, 3.63) is 0 Å². The highest BCUT2D eigenvalue weighted by molar-refractivity contribution is 5.74. The molecule has 4 bridgehead atoms. The number of hydroxylamine groups is 1. The molecule has 0 aliphatic heterocycles. The molecule has 4 aliphatic rings. The van der Waals surface area contributed by atoms with E-state index in [0.29, 0.717) is 11.8 Å². The molecule has 0 heterocycles. The summed E-state index contributed by atoms with van der Waals surface area (Å²) in [4.78, 5) is 11.1. The number of carbonyl (C=O) groups excluding carboxylic acids is 1. The molecule has 4 saturated carbocycles. The van der Waals surface area contributed by atoms with Crippen molar-refractivity contribution in [3.8, 4) is 0 Å². The Hall–Kier alpha value is -0.570. The maximum atomic E-state index is 11.1. The third-order valence-corrected chi connectivity index (χ3v) is 5.17. The fraction of sp³-hybridized carbons (Fsp3) is 0.923. The van der Waals surface area contributed by atoms with Gasteiger partial charge in [0.1, 0.15) is 0 Å². The van der Waals surface area contributed by atoms with Gasteiger partial charge in [-0.1, -0.05) is 0 Å². The number of amides is 1. The van der Waals surface area contributed by atoms with Crippen LogP contribution >= 0.6 is 0 Å². The van der Waals surface area contributed by atoms with Crippen molar-refractivity contribution < 1.29 is 10.0 Å². The monoisotopic (exact) mass is 223 g/mol. The molecule has 0 spiro atoms. The lowest BCUT2D eigenvalue weighted by Crippen LogP contribution is -2.46. The van der Waals surface area contributed by atoms with E-state index in [0.717, 1.165) is 24.2 Å². The van der Waals surface area contributed by atoms with Crippen LogP contribution in [0, 0.1) is 23.2 Å². The second-order valence-electron chi connectivity index (χ2n) is 6.45. The molecule has 16 heavy (non-hydrogen) atoms. The zero-order valence-corrected chi connectivity index (χ0v) is 9.74. The molecular weight excluding hydrogens is 202 g/mol. The third kappa shape index (κ3) is 1.75. The van der Waals surface area contributed by atoms with Gasteiger partial charge in [-0.15, -0.1) is 0 Å². The Morgan fingerprint density at radius 2 is 1.62 bits per heavy atom. The van der Waals surface area contributed by atoms with Gasteiger partial charge in [-0.3, -0.25) is 10.0 Å². The zero-order chi connectivity index (χ0) is 11.2. The van der Waals surface area contributed by atoms with Crippen LogP contribution in [0.15, 0.2) is 0 Å². The first-order chi connectivity index (χ1) is 7.69. The van der Waals surface area contributed by atoms with Crippen molar-refractivity contribution in [2.24, 2.45) is 23.2 Å². The van der Waals surface area contributed by atoms with Crippen LogP contribution in [0.3, 0.4) is 0 Å². The molecule has 1 amide bonds. The van der Waals surface area contributed by atoms with Gasteiger partial charge in [-0.25, -0.2) is 5.48 Å². The minimum absolute atomic E-state index is 0.212. The highest BCUT2D eigenvalue weighted by Crippen LogP contribution is 2.61. The standard InChI is InChI=1S/C13H21NO2/c15-12(14-16)1-2-13-6-9-3-10(7-13)5-11(4-9)8-13/h9-11,16H,1-8H2,(H,14,15). The predicted octanol–water partition coefficient (Wildman–Crippen LogP) is 2.49. The predicted molar refractivity (Wildman–Crippen MR) is 59.8 cm³/mol. The van der Waals surface area contributed by atoms with E-state index < -0.39 is 0 Å². The normalized spacial score (nSPS) is 44.7. The van der Waals surface area contributed by atoms with E-state index in [-0.39, 0.29) is 5.91 Å². The van der Waals surface area contributed by atoms with Crippen molar-refractivity contribution in [1.82, 2.24) is 5.48 Å². The minimum atomic E-state index is -0.212. The van der Waals surface area contributed by atoms with E-state index in [2.05, 4.69) is 0 Å². The molecular formula is C13H21NO2. The molecule has 0 atom stereocenters. The van der Waals surface area contributed by atoms with Gasteiger partial charge >= 0.3 is 0 Å². The molecule has 2 N–H and O–H groups in total. The van der Waals surface area contributed by atoms with Gasteiger partial charge < -0.3 is 0 Å². The highest BCUT2D eigenvalue weighted by Gasteiger charge is 2.50. The van der Waals surface area contributed by atoms with Gasteiger partial charge in [0.15, 0.2) is 0 Å². The van der Waals surface area contributed by atoms with E-state index >= 15 is 0 Å². The summed E-state index contributed by atoms with van der Waals surface area (Å²) in [7, 11) is 0. The van der Waals surface area contributed by atoms with Crippen molar-refractivity contribution >= 4 is 5.91 Å². The second kappa shape index (κ2) is 3.73. The molecule has 3 heteroatoms. The van der Waals surface area contributed by atoms with Crippen molar-refractivity contribution in [2.45, 2.75) is 51.4 Å². The molecule has 0 aromatic heterocycles. The molecule has 4 rings (SSSR count). The Morgan fingerprint density at radius 3 is 2.06 bits per heavy atom. The average molecular weight is 223 g/mol. The first-order valence-corrected chi connectivity index (χ1v) is 6.62. The Morgan fingerprint density at radius 1 is 1.12 bits per heavy atom. The van der Waals surface area contributed by atoms with Gasteiger partial charge in [0, 0.05) is 6.42 Å². The van der Waals surface area contributed by atoms with Crippen LogP contribution in [0.2, 0.25) is 0 Å². The van der Waals surface area contributed by atoms with Crippen molar-refractivity contribution in [1.29, 1.82) is 0 Å². The van der Waals surface area contributed by atoms with Crippen LogP contribution in [0.4, 0.5) is 0 Å². The Labute approximate surface area is 96.6 Å². The van der Waals surface area contributed by atoms with Crippen molar-refractivity contribution in [2.75, 3.05) is 0 Å². The number of hydrogen-bond donors (Lipinski definition) is 2. The van der Waals surface area contributed by atoms with Crippen LogP contribution < -0.4 is 5.48 Å². The Bertz CT molecular complexity index is 265. The summed E-state index contributed by atoms with van der Waals surface area (Å²) in [5.74, 6) is 2.63. The van der Waals surface area contributed by atoms with Gasteiger partial charge in [-0.05, 0) is 68.1 Å². The van der Waals surface area contributed by atoms with E-state index in [1.54, 1.807) is 5.48 Å². The lowest BCUT2D eigenvalue weighted by molar-refractivity contribution is -0.131. The maximum absolute atomic E-state index is 11.1. The Kier molecular flexibility index (Phi) is 2.46. The lowest BCUT2D eigenvalue weighted by Gasteiger charge is -2.57. The minimum Gasteiger partial charge on any atom is -0.289 e. The fourth-order valence-corrected chi connectivity index (χ4v) is 5.03. The van der Waals surface area contributed by atoms with Crippen LogP contribution in [0.1, 0.15) is 51.4 Å². The van der Waals surface area contributed by atoms with E-state index in [4.69, 9.17) is 5.21 Å². The van der Waals surface area contributed by atoms with Gasteiger partial charge in [0.05, 0.1) is 0 Å². The molecule has 0 aromatic carbocycles. The molecule has 4 fully saturated rings. The quantitative estimate of drug-likeness (QED) is 0.570. The molecule has 4 aliphatic carbocycles. The maximum Gasteiger partial charge on any atom is 0.243 e. The molecule has 0 radical (unpaired) electrons. The summed E-state index contributed by atoms with van der Waals surface area (Å²) in [6.07, 6.45) is 9.88. The van der Waals surface area contributed by atoms with E-state index in [1.807, 2.05) is 0 Å². The smallest absolute Gasteiger partial charge is 0.243 e. The van der Waals surface area contributed by atoms with E-state index in [9.17, 15) is 4.79 Å². The van der Waals surface area contributed by atoms with Gasteiger partial charge in [0.2, 0.25) is 5.91 Å². The molecule has 0 unspecified atom stereocenters. The summed E-state index contributed by atoms with van der Waals surface area (Å²) in [5, 5.41) is 8.55. The zero-order valence-electron chi connectivity index (χ0n) is 9.74. The van der Waals surface area contributed by atoms with Crippen LogP contribution in [0.25, 0.3) is 0 Å². The molecule has 90 valence electrons.